The number of hydrogen-bond acceptors (Lipinski definition) is 4. The largest absolute Gasteiger partial charge is 0.489 e. The summed E-state index contributed by atoms with van der Waals surface area (Å²) in [5, 5.41) is 8.88. The lowest BCUT2D eigenvalue weighted by Gasteiger charge is -2.19. The van der Waals surface area contributed by atoms with Crippen molar-refractivity contribution >= 4 is 11.9 Å². The molecule has 0 aliphatic carbocycles. The molecule has 0 heterocycles. The number of benzene rings is 2. The fourth-order valence-electron chi connectivity index (χ4n) is 2.22. The van der Waals surface area contributed by atoms with Gasteiger partial charge in [-0.15, -0.1) is 0 Å². The SMILES string of the molecule is CC(CN(C)C(=O)COc1ccc(OCc2ccccc2)cc1)C(=O)O. The molecule has 1 amide bonds. The van der Waals surface area contributed by atoms with Gasteiger partial charge in [0.25, 0.3) is 5.91 Å². The van der Waals surface area contributed by atoms with Crippen LogP contribution in [-0.2, 0) is 16.2 Å². The van der Waals surface area contributed by atoms with E-state index in [0.29, 0.717) is 18.1 Å². The van der Waals surface area contributed by atoms with Gasteiger partial charge in [0.05, 0.1) is 5.92 Å². The summed E-state index contributed by atoms with van der Waals surface area (Å²) >= 11 is 0. The normalized spacial score (nSPS) is 11.5. The Balaban J connectivity index is 1.78. The molecule has 2 rings (SSSR count). The maximum Gasteiger partial charge on any atom is 0.308 e. The zero-order valence-electron chi connectivity index (χ0n) is 14.9. The van der Waals surface area contributed by atoms with Crippen molar-refractivity contribution in [3.05, 3.63) is 60.2 Å². The summed E-state index contributed by atoms with van der Waals surface area (Å²) in [4.78, 5) is 24.2. The first-order valence-corrected chi connectivity index (χ1v) is 8.32. The summed E-state index contributed by atoms with van der Waals surface area (Å²) in [7, 11) is 1.56. The van der Waals surface area contributed by atoms with Crippen molar-refractivity contribution in [3.63, 3.8) is 0 Å². The summed E-state index contributed by atoms with van der Waals surface area (Å²) in [6.07, 6.45) is 0. The van der Waals surface area contributed by atoms with Gasteiger partial charge in [-0.25, -0.2) is 0 Å². The fraction of sp³-hybridized carbons (Fsp3) is 0.300. The number of hydrogen-bond donors (Lipinski definition) is 1. The van der Waals surface area contributed by atoms with Crippen LogP contribution in [0.15, 0.2) is 54.6 Å². The quantitative estimate of drug-likeness (QED) is 0.747. The van der Waals surface area contributed by atoms with Crippen LogP contribution in [0.2, 0.25) is 0 Å². The molecule has 26 heavy (non-hydrogen) atoms. The second-order valence-corrected chi connectivity index (χ2v) is 6.05. The minimum absolute atomic E-state index is 0.143. The first kappa shape index (κ1) is 19.3. The lowest BCUT2D eigenvalue weighted by Crippen LogP contribution is -2.36. The smallest absolute Gasteiger partial charge is 0.308 e. The predicted octanol–water partition coefficient (Wildman–Crippen LogP) is 2.82. The van der Waals surface area contributed by atoms with E-state index < -0.39 is 11.9 Å². The Morgan fingerprint density at radius 2 is 1.58 bits per heavy atom. The Hall–Kier alpha value is -3.02. The summed E-state index contributed by atoms with van der Waals surface area (Å²) < 4.78 is 11.1. The lowest BCUT2D eigenvalue weighted by atomic mass is 10.2. The highest BCUT2D eigenvalue weighted by Gasteiger charge is 2.17. The van der Waals surface area contributed by atoms with Crippen LogP contribution >= 0.6 is 0 Å². The van der Waals surface area contributed by atoms with Gasteiger partial charge in [-0.05, 0) is 29.8 Å². The average molecular weight is 357 g/mol. The first-order chi connectivity index (χ1) is 12.5. The van der Waals surface area contributed by atoms with Crippen molar-refractivity contribution in [2.75, 3.05) is 20.2 Å². The number of aliphatic carboxylic acids is 1. The van der Waals surface area contributed by atoms with Crippen molar-refractivity contribution in [2.45, 2.75) is 13.5 Å². The van der Waals surface area contributed by atoms with E-state index in [1.807, 2.05) is 30.3 Å². The van der Waals surface area contributed by atoms with Crippen molar-refractivity contribution in [1.29, 1.82) is 0 Å². The van der Waals surface area contributed by atoms with Crippen molar-refractivity contribution in [3.8, 4) is 11.5 Å². The van der Waals surface area contributed by atoms with Gasteiger partial charge in [0.15, 0.2) is 6.61 Å². The van der Waals surface area contributed by atoms with Gasteiger partial charge in [0.2, 0.25) is 0 Å². The van der Waals surface area contributed by atoms with Crippen molar-refractivity contribution in [2.24, 2.45) is 5.92 Å². The Labute approximate surface area is 153 Å². The lowest BCUT2D eigenvalue weighted by molar-refractivity contribution is -0.143. The number of carboxylic acids is 1. The topological polar surface area (TPSA) is 76.1 Å². The summed E-state index contributed by atoms with van der Waals surface area (Å²) in [6.45, 7) is 2.03. The molecule has 0 fully saturated rings. The molecule has 0 aliphatic heterocycles. The van der Waals surface area contributed by atoms with Crippen molar-refractivity contribution in [1.82, 2.24) is 4.90 Å². The second-order valence-electron chi connectivity index (χ2n) is 6.05. The molecule has 0 saturated carbocycles. The molecule has 2 aromatic carbocycles. The molecule has 2 aromatic rings. The number of carbonyl (C=O) groups excluding carboxylic acids is 1. The summed E-state index contributed by atoms with van der Waals surface area (Å²) in [6, 6.07) is 16.9. The molecule has 1 atom stereocenters. The standard InChI is InChI=1S/C20H23NO5/c1-15(20(23)24)12-21(2)19(22)14-26-18-10-8-17(9-11-18)25-13-16-6-4-3-5-7-16/h3-11,15H,12-14H2,1-2H3,(H,23,24). The van der Waals surface area contributed by atoms with E-state index >= 15 is 0 Å². The Kier molecular flexibility index (Phi) is 7.02. The first-order valence-electron chi connectivity index (χ1n) is 8.32. The molecular weight excluding hydrogens is 334 g/mol. The van der Waals surface area contributed by atoms with E-state index in [4.69, 9.17) is 14.6 Å². The molecule has 1 N–H and O–H groups in total. The molecule has 1 unspecified atom stereocenters. The maximum atomic E-state index is 12.0. The van der Waals surface area contributed by atoms with E-state index in [0.717, 1.165) is 5.56 Å². The fourth-order valence-corrected chi connectivity index (χ4v) is 2.22. The molecule has 6 heteroatoms. The number of carboxylic acid groups (broad SMARTS) is 1. The molecule has 0 radical (unpaired) electrons. The molecule has 0 bridgehead atoms. The molecule has 0 aromatic heterocycles. The average Bonchev–Trinajstić information content (AvgIpc) is 2.65. The Morgan fingerprint density at radius 3 is 2.15 bits per heavy atom. The number of likely N-dealkylation sites (N-methyl/N-ethyl adjacent to an activating group) is 1. The third-order valence-electron chi connectivity index (χ3n) is 3.83. The van der Waals surface area contributed by atoms with E-state index in [-0.39, 0.29) is 19.1 Å². The third kappa shape index (κ3) is 6.12. The zero-order chi connectivity index (χ0) is 18.9. The van der Waals surface area contributed by atoms with E-state index in [2.05, 4.69) is 0 Å². The van der Waals surface area contributed by atoms with Gasteiger partial charge in [-0.3, -0.25) is 9.59 Å². The van der Waals surface area contributed by atoms with E-state index in [1.54, 1.807) is 38.2 Å². The minimum atomic E-state index is -0.934. The van der Waals surface area contributed by atoms with E-state index in [9.17, 15) is 9.59 Å². The van der Waals surface area contributed by atoms with Crippen LogP contribution in [0.4, 0.5) is 0 Å². The number of amides is 1. The maximum absolute atomic E-state index is 12.0. The van der Waals surface area contributed by atoms with Crippen LogP contribution in [0.1, 0.15) is 12.5 Å². The van der Waals surface area contributed by atoms with Gasteiger partial charge in [-0.2, -0.15) is 0 Å². The number of ether oxygens (including phenoxy) is 2. The van der Waals surface area contributed by atoms with Gasteiger partial charge < -0.3 is 19.5 Å². The molecular formula is C20H23NO5. The Bertz CT molecular complexity index is 715. The van der Waals surface area contributed by atoms with Gasteiger partial charge in [-0.1, -0.05) is 37.3 Å². The van der Waals surface area contributed by atoms with Gasteiger partial charge in [0, 0.05) is 13.6 Å². The highest BCUT2D eigenvalue weighted by molar-refractivity contribution is 5.78. The number of nitrogens with zero attached hydrogens (tertiary/aromatic N) is 1. The van der Waals surface area contributed by atoms with Crippen molar-refractivity contribution < 1.29 is 24.2 Å². The van der Waals surface area contributed by atoms with Crippen LogP contribution < -0.4 is 9.47 Å². The molecule has 0 aliphatic rings. The predicted molar refractivity (Wildman–Crippen MR) is 97.1 cm³/mol. The van der Waals surface area contributed by atoms with Crippen LogP contribution in [-0.4, -0.2) is 42.1 Å². The van der Waals surface area contributed by atoms with Gasteiger partial charge >= 0.3 is 5.97 Å². The molecule has 138 valence electrons. The second kappa shape index (κ2) is 9.46. The summed E-state index contributed by atoms with van der Waals surface area (Å²) in [5.74, 6) is -0.575. The molecule has 0 saturated heterocycles. The highest BCUT2D eigenvalue weighted by atomic mass is 16.5. The molecule has 0 spiro atoms. The highest BCUT2D eigenvalue weighted by Crippen LogP contribution is 2.18. The van der Waals surface area contributed by atoms with Crippen LogP contribution in [0, 0.1) is 5.92 Å². The third-order valence-corrected chi connectivity index (χ3v) is 3.83. The van der Waals surface area contributed by atoms with Crippen LogP contribution in [0.3, 0.4) is 0 Å². The van der Waals surface area contributed by atoms with Crippen LogP contribution in [0.5, 0.6) is 11.5 Å². The van der Waals surface area contributed by atoms with E-state index in [1.165, 1.54) is 4.90 Å². The zero-order valence-corrected chi connectivity index (χ0v) is 14.9. The Morgan fingerprint density at radius 1 is 1.00 bits per heavy atom. The van der Waals surface area contributed by atoms with Crippen LogP contribution in [0.25, 0.3) is 0 Å². The summed E-state index contributed by atoms with van der Waals surface area (Å²) in [5.41, 5.74) is 1.08. The van der Waals surface area contributed by atoms with Gasteiger partial charge in [0.1, 0.15) is 18.1 Å². The number of carbonyl (C=O) groups is 2. The number of rotatable bonds is 9. The molecule has 6 nitrogen and oxygen atoms in total. The monoisotopic (exact) mass is 357 g/mol. The minimum Gasteiger partial charge on any atom is -0.489 e.